The number of benzene rings is 2. The molecule has 2 heterocycles. The molecule has 4 atom stereocenters. The Morgan fingerprint density at radius 1 is 1.19 bits per heavy atom. The second-order valence-electron chi connectivity index (χ2n) is 8.37. The van der Waals surface area contributed by atoms with E-state index in [1.165, 1.54) is 29.5 Å². The van der Waals surface area contributed by atoms with E-state index in [4.69, 9.17) is 4.74 Å². The highest BCUT2D eigenvalue weighted by Crippen LogP contribution is 2.32. The fourth-order valence-corrected chi connectivity index (χ4v) is 4.84. The first kappa shape index (κ1) is 20.7. The highest BCUT2D eigenvalue weighted by Gasteiger charge is 2.48. The molecular formula is C24H25FN4O3. The Labute approximate surface area is 185 Å². The van der Waals surface area contributed by atoms with E-state index in [2.05, 4.69) is 32.5 Å². The molecule has 7 nitrogen and oxygen atoms in total. The highest BCUT2D eigenvalue weighted by molar-refractivity contribution is 5.92. The standard InChI is InChI=1S/C24H25FN4O3/c25-17-6-3-7-18(12-17)32-21-13-20(27-24(31)19-8-10-26-28-19)22(23(21)30)29-11-9-15-4-1-2-5-16(15)14-29/h1-8,10,12,20-23,30H,9,11,13-14H2,(H,26,28)(H,27,31)/t20-,21-,22+,23+/m1/s1. The number of aromatic amines is 1. The topological polar surface area (TPSA) is 90.5 Å². The van der Waals surface area contributed by atoms with Crippen molar-refractivity contribution in [1.82, 2.24) is 20.4 Å². The predicted octanol–water partition coefficient (Wildman–Crippen LogP) is 2.29. The van der Waals surface area contributed by atoms with Gasteiger partial charge in [-0.1, -0.05) is 30.3 Å². The minimum Gasteiger partial charge on any atom is -0.487 e. The van der Waals surface area contributed by atoms with Gasteiger partial charge in [0.1, 0.15) is 29.5 Å². The van der Waals surface area contributed by atoms with Gasteiger partial charge in [-0.15, -0.1) is 0 Å². The van der Waals surface area contributed by atoms with Gasteiger partial charge in [-0.05, 0) is 35.7 Å². The number of aliphatic hydroxyl groups excluding tert-OH is 1. The van der Waals surface area contributed by atoms with Gasteiger partial charge in [0.2, 0.25) is 0 Å². The monoisotopic (exact) mass is 436 g/mol. The van der Waals surface area contributed by atoms with Crippen LogP contribution in [0.3, 0.4) is 0 Å². The summed E-state index contributed by atoms with van der Waals surface area (Å²) in [6.45, 7) is 1.45. The minimum atomic E-state index is -0.851. The molecule has 1 aliphatic carbocycles. The molecule has 32 heavy (non-hydrogen) atoms. The molecule has 2 aliphatic rings. The normalized spacial score (nSPS) is 25.3. The third kappa shape index (κ3) is 4.11. The van der Waals surface area contributed by atoms with Crippen molar-refractivity contribution in [2.45, 2.75) is 43.7 Å². The molecule has 2 aromatic carbocycles. The molecule has 0 unspecified atom stereocenters. The van der Waals surface area contributed by atoms with Crippen molar-refractivity contribution in [2.24, 2.45) is 0 Å². The van der Waals surface area contributed by atoms with E-state index >= 15 is 0 Å². The van der Waals surface area contributed by atoms with Crippen LogP contribution in [0, 0.1) is 5.82 Å². The third-order valence-electron chi connectivity index (χ3n) is 6.36. The zero-order valence-electron chi connectivity index (χ0n) is 17.4. The zero-order valence-corrected chi connectivity index (χ0v) is 17.4. The predicted molar refractivity (Wildman–Crippen MR) is 116 cm³/mol. The number of ether oxygens (including phenoxy) is 1. The van der Waals surface area contributed by atoms with Gasteiger partial charge < -0.3 is 15.2 Å². The molecule has 1 aliphatic heterocycles. The summed E-state index contributed by atoms with van der Waals surface area (Å²) in [4.78, 5) is 14.9. The van der Waals surface area contributed by atoms with Crippen LogP contribution in [0.1, 0.15) is 28.0 Å². The van der Waals surface area contributed by atoms with Crippen molar-refractivity contribution in [3.05, 3.63) is 83.4 Å². The minimum absolute atomic E-state index is 0.284. The number of hydrogen-bond donors (Lipinski definition) is 3. The summed E-state index contributed by atoms with van der Waals surface area (Å²) in [5.74, 6) is -0.325. The largest absolute Gasteiger partial charge is 0.487 e. The number of H-pyrrole nitrogens is 1. The number of carbonyl (C=O) groups is 1. The summed E-state index contributed by atoms with van der Waals surface area (Å²) in [6, 6.07) is 15.1. The van der Waals surface area contributed by atoms with Crippen molar-refractivity contribution in [1.29, 1.82) is 0 Å². The Morgan fingerprint density at radius 2 is 2.03 bits per heavy atom. The number of halogens is 1. The lowest BCUT2D eigenvalue weighted by Gasteiger charge is -2.38. The number of hydrogen-bond acceptors (Lipinski definition) is 5. The summed E-state index contributed by atoms with van der Waals surface area (Å²) < 4.78 is 19.6. The molecule has 1 amide bonds. The number of fused-ring (bicyclic) bond motifs is 1. The van der Waals surface area contributed by atoms with E-state index < -0.39 is 18.0 Å². The van der Waals surface area contributed by atoms with Gasteiger partial charge in [0, 0.05) is 31.8 Å². The van der Waals surface area contributed by atoms with Crippen LogP contribution in [0.5, 0.6) is 5.75 Å². The number of amides is 1. The number of nitrogens with zero attached hydrogens (tertiary/aromatic N) is 2. The fourth-order valence-electron chi connectivity index (χ4n) is 4.84. The van der Waals surface area contributed by atoms with Gasteiger partial charge in [-0.2, -0.15) is 5.10 Å². The lowest BCUT2D eigenvalue weighted by molar-refractivity contribution is 0.00249. The van der Waals surface area contributed by atoms with E-state index in [-0.39, 0.29) is 18.0 Å². The molecule has 3 aromatic rings. The summed E-state index contributed by atoms with van der Waals surface area (Å²) in [5, 5.41) is 20.8. The van der Waals surface area contributed by atoms with Crippen molar-refractivity contribution >= 4 is 5.91 Å². The summed E-state index contributed by atoms with van der Waals surface area (Å²) >= 11 is 0. The smallest absolute Gasteiger partial charge is 0.269 e. The molecule has 1 saturated carbocycles. The molecule has 0 spiro atoms. The van der Waals surface area contributed by atoms with Gasteiger partial charge in [0.05, 0.1) is 12.1 Å². The van der Waals surface area contributed by atoms with Crippen LogP contribution in [-0.2, 0) is 13.0 Å². The second kappa shape index (κ2) is 8.72. The number of rotatable bonds is 5. The zero-order chi connectivity index (χ0) is 22.1. The van der Waals surface area contributed by atoms with Crippen LogP contribution in [0.15, 0.2) is 60.8 Å². The van der Waals surface area contributed by atoms with Crippen molar-refractivity contribution < 1.29 is 19.0 Å². The second-order valence-corrected chi connectivity index (χ2v) is 8.37. The van der Waals surface area contributed by atoms with Crippen LogP contribution in [-0.4, -0.2) is 56.9 Å². The van der Waals surface area contributed by atoms with Crippen LogP contribution in [0.25, 0.3) is 0 Å². The molecule has 8 heteroatoms. The molecule has 0 radical (unpaired) electrons. The van der Waals surface area contributed by atoms with Gasteiger partial charge in [-0.3, -0.25) is 14.8 Å². The van der Waals surface area contributed by atoms with E-state index in [0.29, 0.717) is 24.4 Å². The maximum Gasteiger partial charge on any atom is 0.269 e. The average molecular weight is 436 g/mol. The number of aliphatic hydroxyl groups is 1. The Hall–Kier alpha value is -3.23. The molecule has 5 rings (SSSR count). The van der Waals surface area contributed by atoms with Crippen molar-refractivity contribution in [3.8, 4) is 5.75 Å². The quantitative estimate of drug-likeness (QED) is 0.571. The Balaban J connectivity index is 1.39. The Kier molecular flexibility index (Phi) is 5.63. The van der Waals surface area contributed by atoms with E-state index in [1.807, 2.05) is 12.1 Å². The first-order valence-electron chi connectivity index (χ1n) is 10.8. The van der Waals surface area contributed by atoms with Crippen LogP contribution < -0.4 is 10.1 Å². The van der Waals surface area contributed by atoms with Crippen LogP contribution >= 0.6 is 0 Å². The highest BCUT2D eigenvalue weighted by atomic mass is 19.1. The molecule has 3 N–H and O–H groups in total. The van der Waals surface area contributed by atoms with E-state index in [9.17, 15) is 14.3 Å². The average Bonchev–Trinajstić information content (AvgIpc) is 3.43. The molecular weight excluding hydrogens is 411 g/mol. The number of nitrogens with one attached hydrogen (secondary N) is 2. The summed E-state index contributed by atoms with van der Waals surface area (Å²) in [7, 11) is 0. The molecule has 1 aromatic heterocycles. The maximum absolute atomic E-state index is 13.6. The first-order valence-corrected chi connectivity index (χ1v) is 10.8. The van der Waals surface area contributed by atoms with Gasteiger partial charge in [0.25, 0.3) is 5.91 Å². The summed E-state index contributed by atoms with van der Waals surface area (Å²) in [6.07, 6.45) is 1.37. The van der Waals surface area contributed by atoms with Crippen LogP contribution in [0.2, 0.25) is 0 Å². The summed E-state index contributed by atoms with van der Waals surface area (Å²) in [5.41, 5.74) is 2.89. The van der Waals surface area contributed by atoms with Crippen molar-refractivity contribution in [2.75, 3.05) is 6.54 Å². The van der Waals surface area contributed by atoms with Crippen LogP contribution in [0.4, 0.5) is 4.39 Å². The Bertz CT molecular complexity index is 1090. The lowest BCUT2D eigenvalue weighted by Crippen LogP contribution is -2.54. The number of carbonyl (C=O) groups excluding carboxylic acids is 1. The van der Waals surface area contributed by atoms with Gasteiger partial charge in [-0.25, -0.2) is 4.39 Å². The Morgan fingerprint density at radius 3 is 2.81 bits per heavy atom. The van der Waals surface area contributed by atoms with E-state index in [0.717, 1.165) is 13.0 Å². The maximum atomic E-state index is 13.6. The lowest BCUT2D eigenvalue weighted by atomic mass is 9.97. The third-order valence-corrected chi connectivity index (χ3v) is 6.36. The van der Waals surface area contributed by atoms with Gasteiger partial charge in [0.15, 0.2) is 0 Å². The molecule has 0 bridgehead atoms. The molecule has 0 saturated heterocycles. The van der Waals surface area contributed by atoms with Crippen molar-refractivity contribution in [3.63, 3.8) is 0 Å². The van der Waals surface area contributed by atoms with E-state index in [1.54, 1.807) is 18.2 Å². The SMILES string of the molecule is O=C(N[C@@H]1C[C@@H](Oc2cccc(F)c2)[C@H](O)[C@H]1N1CCc2ccccc2C1)c1ccn[nH]1. The molecule has 166 valence electrons. The van der Waals surface area contributed by atoms with Gasteiger partial charge >= 0.3 is 0 Å². The molecule has 1 fully saturated rings. The fraction of sp³-hybridized carbons (Fsp3) is 0.333. The number of aromatic nitrogens is 2. The first-order chi connectivity index (χ1) is 15.6.